The van der Waals surface area contributed by atoms with Gasteiger partial charge in [0.25, 0.3) is 21.8 Å². The maximum Gasteiger partial charge on any atom is 0.426 e. The number of carbonyl (C=O) groups excluding carboxylic acids is 2. The molecule has 0 saturated carbocycles. The predicted octanol–water partition coefficient (Wildman–Crippen LogP) is 2.68. The lowest BCUT2D eigenvalue weighted by Crippen LogP contribution is -2.52. The van der Waals surface area contributed by atoms with E-state index < -0.39 is 38.6 Å². The van der Waals surface area contributed by atoms with Gasteiger partial charge in [-0.3, -0.25) is 14.3 Å². The van der Waals surface area contributed by atoms with E-state index in [0.717, 1.165) is 18.2 Å². The molecule has 0 aliphatic heterocycles. The van der Waals surface area contributed by atoms with Crippen LogP contribution in [0.25, 0.3) is 0 Å². The highest BCUT2D eigenvalue weighted by molar-refractivity contribution is 7.92. The van der Waals surface area contributed by atoms with Gasteiger partial charge in [0.15, 0.2) is 0 Å². The third kappa shape index (κ3) is 7.07. The smallest absolute Gasteiger partial charge is 0.373 e. The van der Waals surface area contributed by atoms with Crippen molar-refractivity contribution < 1.29 is 36.3 Å². The maximum atomic E-state index is 12.9. The van der Waals surface area contributed by atoms with E-state index in [4.69, 9.17) is 11.6 Å². The highest BCUT2D eigenvalue weighted by Gasteiger charge is 2.55. The van der Waals surface area contributed by atoms with E-state index in [1.807, 2.05) is 24.3 Å². The fourth-order valence-electron chi connectivity index (χ4n) is 2.60. The number of aliphatic hydroxyl groups is 1. The zero-order chi connectivity index (χ0) is 26.6. The number of para-hydroxylation sites is 1. The number of nitrogens with one attached hydrogen (secondary N) is 3. The van der Waals surface area contributed by atoms with E-state index in [1.54, 1.807) is 6.07 Å². The first-order valence-electron chi connectivity index (χ1n) is 10.0. The van der Waals surface area contributed by atoms with Gasteiger partial charge in [0.2, 0.25) is 5.60 Å². The summed E-state index contributed by atoms with van der Waals surface area (Å²) in [4.78, 5) is 25.8. The van der Waals surface area contributed by atoms with Crippen LogP contribution in [0.4, 0.5) is 24.5 Å². The van der Waals surface area contributed by atoms with E-state index in [-0.39, 0.29) is 28.8 Å². The van der Waals surface area contributed by atoms with E-state index in [9.17, 15) is 36.3 Å². The fourth-order valence-corrected chi connectivity index (χ4v) is 4.00. The van der Waals surface area contributed by atoms with Gasteiger partial charge in [-0.1, -0.05) is 23.7 Å². The first-order chi connectivity index (χ1) is 16.1. The zero-order valence-corrected chi connectivity index (χ0v) is 20.5. The number of rotatable bonds is 9. The SMILES string of the molecule is CN(C)CCNC(=O)c1ccccc1NS(=O)(=O)c1ccc(NC(=O)[C@@](C)(O)C(F)(F)F)c(Cl)c1. The Balaban J connectivity index is 2.24. The van der Waals surface area contributed by atoms with Crippen LogP contribution >= 0.6 is 11.6 Å². The van der Waals surface area contributed by atoms with Crippen molar-refractivity contribution in [1.29, 1.82) is 0 Å². The third-order valence-corrected chi connectivity index (χ3v) is 6.43. The Morgan fingerprint density at radius 3 is 2.29 bits per heavy atom. The minimum atomic E-state index is -5.25. The lowest BCUT2D eigenvalue weighted by molar-refractivity contribution is -0.242. The Kier molecular flexibility index (Phi) is 8.76. The molecule has 0 aliphatic rings. The summed E-state index contributed by atoms with van der Waals surface area (Å²) in [7, 11) is -0.631. The van der Waals surface area contributed by atoms with E-state index in [0.29, 0.717) is 13.1 Å². The van der Waals surface area contributed by atoms with Crippen molar-refractivity contribution in [3.8, 4) is 0 Å². The highest BCUT2D eigenvalue weighted by atomic mass is 35.5. The summed E-state index contributed by atoms with van der Waals surface area (Å²) in [6, 6.07) is 8.76. The quantitative estimate of drug-likeness (QED) is 0.390. The number of likely N-dealkylation sites (N-methyl/N-ethyl adjacent to an activating group) is 1. The Hall–Kier alpha value is -2.87. The molecule has 0 heterocycles. The molecule has 0 radical (unpaired) electrons. The Morgan fingerprint density at radius 2 is 1.71 bits per heavy atom. The molecule has 0 unspecified atom stereocenters. The van der Waals surface area contributed by atoms with Gasteiger partial charge in [-0.05, 0) is 51.4 Å². The lowest BCUT2D eigenvalue weighted by atomic mass is 10.1. The molecule has 1 atom stereocenters. The highest BCUT2D eigenvalue weighted by Crippen LogP contribution is 2.33. The van der Waals surface area contributed by atoms with Crippen LogP contribution in [0, 0.1) is 0 Å². The van der Waals surface area contributed by atoms with Gasteiger partial charge in [-0.25, -0.2) is 8.42 Å². The van der Waals surface area contributed by atoms with Gasteiger partial charge in [-0.2, -0.15) is 13.2 Å². The van der Waals surface area contributed by atoms with Gasteiger partial charge < -0.3 is 20.6 Å². The molecule has 0 bridgehead atoms. The molecule has 35 heavy (non-hydrogen) atoms. The van der Waals surface area contributed by atoms with Crippen molar-refractivity contribution in [2.45, 2.75) is 23.6 Å². The molecule has 4 N–H and O–H groups in total. The topological polar surface area (TPSA) is 128 Å². The molecule has 2 aromatic rings. The Morgan fingerprint density at radius 1 is 1.09 bits per heavy atom. The van der Waals surface area contributed by atoms with Gasteiger partial charge in [0, 0.05) is 13.1 Å². The number of nitrogens with zero attached hydrogens (tertiary/aromatic N) is 1. The van der Waals surface area contributed by atoms with Crippen molar-refractivity contribution >= 4 is 44.8 Å². The summed E-state index contributed by atoms with van der Waals surface area (Å²) in [6.07, 6.45) is -5.25. The molecule has 0 aliphatic carbocycles. The summed E-state index contributed by atoms with van der Waals surface area (Å²) in [5.41, 5.74) is -3.98. The number of halogens is 4. The fraction of sp³-hybridized carbons (Fsp3) is 0.333. The lowest BCUT2D eigenvalue weighted by Gasteiger charge is -2.25. The first kappa shape index (κ1) is 28.4. The number of benzene rings is 2. The number of sulfonamides is 1. The monoisotopic (exact) mass is 536 g/mol. The average Bonchev–Trinajstić information content (AvgIpc) is 2.73. The molecule has 9 nitrogen and oxygen atoms in total. The van der Waals surface area contributed by atoms with E-state index >= 15 is 0 Å². The molecule has 2 rings (SSSR count). The number of anilines is 2. The van der Waals surface area contributed by atoms with Crippen LogP contribution in [0.2, 0.25) is 5.02 Å². The second-order valence-electron chi connectivity index (χ2n) is 7.88. The summed E-state index contributed by atoms with van der Waals surface area (Å²) in [6.45, 7) is 1.17. The number of amides is 2. The number of alkyl halides is 3. The summed E-state index contributed by atoms with van der Waals surface area (Å²) in [5, 5.41) is 13.6. The second kappa shape index (κ2) is 10.8. The zero-order valence-electron chi connectivity index (χ0n) is 18.9. The Labute approximate surface area is 205 Å². The summed E-state index contributed by atoms with van der Waals surface area (Å²) >= 11 is 5.97. The van der Waals surface area contributed by atoms with Crippen molar-refractivity contribution in [1.82, 2.24) is 10.2 Å². The molecular formula is C21H24ClF3N4O5S. The summed E-state index contributed by atoms with van der Waals surface area (Å²) in [5.74, 6) is -2.30. The van der Waals surface area contributed by atoms with Crippen molar-refractivity contribution in [3.63, 3.8) is 0 Å². The number of hydrogen-bond acceptors (Lipinski definition) is 6. The van der Waals surface area contributed by atoms with Crippen LogP contribution < -0.4 is 15.4 Å². The van der Waals surface area contributed by atoms with Crippen molar-refractivity contribution in [2.24, 2.45) is 0 Å². The molecule has 0 aromatic heterocycles. The molecule has 2 amide bonds. The minimum Gasteiger partial charge on any atom is -0.373 e. The number of carbonyl (C=O) groups is 2. The number of hydrogen-bond donors (Lipinski definition) is 4. The van der Waals surface area contributed by atoms with Crippen molar-refractivity contribution in [2.75, 3.05) is 37.2 Å². The van der Waals surface area contributed by atoms with Gasteiger partial charge in [-0.15, -0.1) is 0 Å². The van der Waals surface area contributed by atoms with Crippen LogP contribution in [-0.2, 0) is 14.8 Å². The molecule has 14 heteroatoms. The summed E-state index contributed by atoms with van der Waals surface area (Å²) < 4.78 is 66.6. The van der Waals surface area contributed by atoms with Crippen LogP contribution in [0.15, 0.2) is 47.4 Å². The standard InChI is InChI=1S/C21H24ClF3N4O5S/c1-20(32,21(23,24)25)19(31)27-17-9-8-13(12-15(17)22)35(33,34)28-16-7-5-4-6-14(16)18(30)26-10-11-29(2)3/h4-9,12,28,32H,10-11H2,1-3H3,(H,26,30)(H,27,31)/t20-/m1/s1. The van der Waals surface area contributed by atoms with Crippen molar-refractivity contribution in [3.05, 3.63) is 53.1 Å². The predicted molar refractivity (Wildman–Crippen MR) is 125 cm³/mol. The molecule has 0 spiro atoms. The third-order valence-electron chi connectivity index (χ3n) is 4.75. The molecule has 192 valence electrons. The largest absolute Gasteiger partial charge is 0.426 e. The molecule has 2 aromatic carbocycles. The van der Waals surface area contributed by atoms with Gasteiger partial charge in [0.05, 0.1) is 26.9 Å². The Bertz CT molecular complexity index is 1200. The second-order valence-corrected chi connectivity index (χ2v) is 9.97. The first-order valence-corrected chi connectivity index (χ1v) is 11.9. The normalized spacial score (nSPS) is 13.7. The molecular weight excluding hydrogens is 513 g/mol. The van der Waals surface area contributed by atoms with Crippen LogP contribution in [-0.4, -0.2) is 69.2 Å². The van der Waals surface area contributed by atoms with Crippen LogP contribution in [0.3, 0.4) is 0 Å². The van der Waals surface area contributed by atoms with Gasteiger partial charge >= 0.3 is 6.18 Å². The maximum absolute atomic E-state index is 12.9. The van der Waals surface area contributed by atoms with Crippen LogP contribution in [0.5, 0.6) is 0 Å². The van der Waals surface area contributed by atoms with E-state index in [2.05, 4.69) is 10.0 Å². The van der Waals surface area contributed by atoms with Crippen LogP contribution in [0.1, 0.15) is 17.3 Å². The molecule has 0 saturated heterocycles. The average molecular weight is 537 g/mol. The van der Waals surface area contributed by atoms with Gasteiger partial charge in [0.1, 0.15) is 0 Å². The molecule has 0 fully saturated rings. The minimum absolute atomic E-state index is 0.00965. The van der Waals surface area contributed by atoms with E-state index in [1.165, 1.54) is 18.2 Å².